The van der Waals surface area contributed by atoms with Crippen LogP contribution in [-0.2, 0) is 9.84 Å². The van der Waals surface area contributed by atoms with Crippen molar-refractivity contribution in [2.75, 3.05) is 11.6 Å². The number of sulfone groups is 1. The summed E-state index contributed by atoms with van der Waals surface area (Å²) in [6.45, 7) is 1.78. The molecule has 0 saturated carbocycles. The molecule has 0 spiro atoms. The minimum Gasteiger partial charge on any atom is -0.353 e. The van der Waals surface area contributed by atoms with Gasteiger partial charge in [0.2, 0.25) is 0 Å². The molecular formula is C19H16N6O5S2. The van der Waals surface area contributed by atoms with Crippen molar-refractivity contribution in [3.63, 3.8) is 0 Å². The third kappa shape index (κ3) is 4.20. The highest BCUT2D eigenvalue weighted by atomic mass is 32.2. The first-order chi connectivity index (χ1) is 15.1. The fraction of sp³-hybridized carbons (Fsp3) is 0.158. The average molecular weight is 473 g/mol. The van der Waals surface area contributed by atoms with Crippen molar-refractivity contribution in [2.45, 2.75) is 17.9 Å². The number of nitrogens with one attached hydrogen (secondary N) is 1. The van der Waals surface area contributed by atoms with Crippen LogP contribution in [0.5, 0.6) is 0 Å². The minimum absolute atomic E-state index is 0.0324. The molecule has 0 aliphatic heterocycles. The van der Waals surface area contributed by atoms with Crippen molar-refractivity contribution in [1.82, 2.24) is 20.0 Å². The molecule has 2 aromatic heterocycles. The number of nitro groups is 1. The lowest BCUT2D eigenvalue weighted by atomic mass is 10.2. The number of hydrogen-bond donors (Lipinski definition) is 1. The Hall–Kier alpha value is -3.71. The molecule has 0 aliphatic carbocycles. The number of benzene rings is 2. The predicted molar refractivity (Wildman–Crippen MR) is 119 cm³/mol. The number of rotatable bonds is 6. The fourth-order valence-electron chi connectivity index (χ4n) is 2.98. The highest BCUT2D eigenvalue weighted by molar-refractivity contribution is 7.90. The standard InChI is InChI=1S/C19H16N6O5S2/c1-11(15-10-24(23-22-15)12-6-4-3-5-7-12)20-19-21-18(26)14-8-13(32(2,29)30)9-16(25(27)28)17(14)31-19/h3-11H,1-2H3,(H,20,21,26)/t11-/m1/s1. The maximum absolute atomic E-state index is 12.6. The molecule has 0 radical (unpaired) electrons. The number of anilines is 1. The Morgan fingerprint density at radius 1 is 1.22 bits per heavy atom. The Kier molecular flexibility index (Phi) is 5.44. The number of nitrogens with zero attached hydrogens (tertiary/aromatic N) is 5. The van der Waals surface area contributed by atoms with Crippen molar-refractivity contribution < 1.29 is 13.3 Å². The van der Waals surface area contributed by atoms with E-state index in [1.165, 1.54) is 0 Å². The van der Waals surface area contributed by atoms with E-state index in [1.807, 2.05) is 30.3 Å². The van der Waals surface area contributed by atoms with E-state index < -0.39 is 32.0 Å². The van der Waals surface area contributed by atoms with Crippen LogP contribution in [0.15, 0.2) is 58.4 Å². The van der Waals surface area contributed by atoms with Crippen LogP contribution in [-0.4, -0.2) is 39.6 Å². The second-order valence-corrected chi connectivity index (χ2v) is 9.98. The lowest BCUT2D eigenvalue weighted by Crippen LogP contribution is -2.14. The average Bonchev–Trinajstić information content (AvgIpc) is 3.23. The van der Waals surface area contributed by atoms with Gasteiger partial charge >= 0.3 is 0 Å². The monoisotopic (exact) mass is 472 g/mol. The molecule has 0 amide bonds. The molecule has 4 aromatic rings. The van der Waals surface area contributed by atoms with Gasteiger partial charge in [-0.2, -0.15) is 4.98 Å². The molecule has 0 unspecified atom stereocenters. The first-order valence-electron chi connectivity index (χ1n) is 9.21. The summed E-state index contributed by atoms with van der Waals surface area (Å²) in [6.07, 6.45) is 2.64. The zero-order valence-corrected chi connectivity index (χ0v) is 18.4. The highest BCUT2D eigenvalue weighted by Crippen LogP contribution is 2.33. The number of fused-ring (bicyclic) bond motifs is 1. The van der Waals surface area contributed by atoms with Crippen LogP contribution in [0.3, 0.4) is 0 Å². The van der Waals surface area contributed by atoms with Gasteiger partial charge in [-0.1, -0.05) is 34.7 Å². The number of aromatic nitrogens is 4. The van der Waals surface area contributed by atoms with Crippen LogP contribution >= 0.6 is 11.3 Å². The van der Waals surface area contributed by atoms with E-state index in [9.17, 15) is 23.3 Å². The topological polar surface area (TPSA) is 150 Å². The zero-order valence-electron chi connectivity index (χ0n) is 16.8. The van der Waals surface area contributed by atoms with Crippen molar-refractivity contribution in [3.05, 3.63) is 74.8 Å². The number of para-hydroxylation sites is 1. The van der Waals surface area contributed by atoms with Gasteiger partial charge in [-0.3, -0.25) is 14.9 Å². The summed E-state index contributed by atoms with van der Waals surface area (Å²) >= 11 is 0.888. The normalized spacial score (nSPS) is 12.6. The molecule has 0 saturated heterocycles. The first kappa shape index (κ1) is 21.5. The van der Waals surface area contributed by atoms with E-state index in [-0.39, 0.29) is 20.1 Å². The molecule has 164 valence electrons. The molecular weight excluding hydrogens is 456 g/mol. The van der Waals surface area contributed by atoms with Gasteiger partial charge in [0.1, 0.15) is 10.4 Å². The molecule has 4 rings (SSSR count). The van der Waals surface area contributed by atoms with Gasteiger partial charge in [-0.25, -0.2) is 13.1 Å². The van der Waals surface area contributed by atoms with Gasteiger partial charge in [0.05, 0.1) is 33.1 Å². The Morgan fingerprint density at radius 2 is 1.94 bits per heavy atom. The quantitative estimate of drug-likeness (QED) is 0.330. The van der Waals surface area contributed by atoms with Crippen LogP contribution in [0, 0.1) is 10.1 Å². The Morgan fingerprint density at radius 3 is 2.59 bits per heavy atom. The lowest BCUT2D eigenvalue weighted by Gasteiger charge is -2.11. The molecule has 32 heavy (non-hydrogen) atoms. The van der Waals surface area contributed by atoms with E-state index in [4.69, 9.17) is 0 Å². The maximum Gasteiger partial charge on any atom is 0.288 e. The Bertz CT molecular complexity index is 1500. The summed E-state index contributed by atoms with van der Waals surface area (Å²) in [6, 6.07) is 11.0. The van der Waals surface area contributed by atoms with E-state index in [0.717, 1.165) is 35.4 Å². The fourth-order valence-corrected chi connectivity index (χ4v) is 4.69. The SMILES string of the molecule is C[C@@H](Nc1nc(=O)c2cc(S(C)(=O)=O)cc([N+](=O)[O-])c2s1)c1cn(-c2ccccc2)nn1. The van der Waals surface area contributed by atoms with E-state index in [0.29, 0.717) is 5.69 Å². The van der Waals surface area contributed by atoms with Crippen LogP contribution in [0.1, 0.15) is 18.7 Å². The summed E-state index contributed by atoms with van der Waals surface area (Å²) < 4.78 is 25.4. The third-order valence-corrected chi connectivity index (χ3v) is 6.74. The molecule has 1 atom stereocenters. The van der Waals surface area contributed by atoms with Crippen molar-refractivity contribution in [2.24, 2.45) is 0 Å². The number of nitro benzene ring substituents is 1. The van der Waals surface area contributed by atoms with Crippen LogP contribution in [0.4, 0.5) is 10.8 Å². The summed E-state index contributed by atoms with van der Waals surface area (Å²) in [5.74, 6) is 0. The Labute approximate surface area is 185 Å². The largest absolute Gasteiger partial charge is 0.353 e. The Balaban J connectivity index is 1.71. The van der Waals surface area contributed by atoms with E-state index in [2.05, 4.69) is 20.6 Å². The van der Waals surface area contributed by atoms with Gasteiger partial charge in [0, 0.05) is 12.3 Å². The van der Waals surface area contributed by atoms with Gasteiger partial charge in [-0.05, 0) is 25.1 Å². The number of hydrogen-bond acceptors (Lipinski definition) is 10. The summed E-state index contributed by atoms with van der Waals surface area (Å²) in [5, 5.41) is 22.8. The van der Waals surface area contributed by atoms with E-state index in [1.54, 1.807) is 17.8 Å². The second kappa shape index (κ2) is 8.09. The highest BCUT2D eigenvalue weighted by Gasteiger charge is 2.22. The van der Waals surface area contributed by atoms with Gasteiger partial charge in [0.15, 0.2) is 15.0 Å². The molecule has 13 heteroatoms. The molecule has 2 heterocycles. The number of non-ortho nitro benzene ring substituents is 1. The smallest absolute Gasteiger partial charge is 0.288 e. The van der Waals surface area contributed by atoms with Crippen molar-refractivity contribution in [1.29, 1.82) is 0 Å². The minimum atomic E-state index is -3.75. The van der Waals surface area contributed by atoms with Crippen molar-refractivity contribution in [3.8, 4) is 5.69 Å². The molecule has 0 fully saturated rings. The molecule has 1 N–H and O–H groups in total. The predicted octanol–water partition coefficient (Wildman–Crippen LogP) is 2.72. The summed E-state index contributed by atoms with van der Waals surface area (Å²) in [4.78, 5) is 27.0. The summed E-state index contributed by atoms with van der Waals surface area (Å²) in [7, 11) is -3.75. The van der Waals surface area contributed by atoms with Crippen molar-refractivity contribution >= 4 is 42.1 Å². The van der Waals surface area contributed by atoms with Gasteiger partial charge in [-0.15, -0.1) is 5.10 Å². The van der Waals surface area contributed by atoms with Crippen LogP contribution in [0.2, 0.25) is 0 Å². The maximum atomic E-state index is 12.6. The summed E-state index contributed by atoms with van der Waals surface area (Å²) in [5.41, 5.74) is 0.148. The van der Waals surface area contributed by atoms with Crippen LogP contribution in [0.25, 0.3) is 15.8 Å². The molecule has 0 aliphatic rings. The molecule has 0 bridgehead atoms. The van der Waals surface area contributed by atoms with Gasteiger partial charge < -0.3 is 5.32 Å². The third-order valence-electron chi connectivity index (χ3n) is 4.62. The molecule has 2 aromatic carbocycles. The second-order valence-electron chi connectivity index (χ2n) is 6.96. The van der Waals surface area contributed by atoms with Gasteiger partial charge in [0.25, 0.3) is 11.2 Å². The zero-order chi connectivity index (χ0) is 23.0. The van der Waals surface area contributed by atoms with Crippen LogP contribution < -0.4 is 10.9 Å². The lowest BCUT2D eigenvalue weighted by molar-refractivity contribution is -0.383. The first-order valence-corrected chi connectivity index (χ1v) is 11.9. The molecule has 11 nitrogen and oxygen atoms in total. The van der Waals surface area contributed by atoms with E-state index >= 15 is 0 Å².